The predicted molar refractivity (Wildman–Crippen MR) is 92.5 cm³/mol. The monoisotopic (exact) mass is 336 g/mol. The molecule has 0 N–H and O–H groups in total. The van der Waals surface area contributed by atoms with Crippen molar-refractivity contribution >= 4 is 5.91 Å². The molecular weight excluding hydrogens is 316 g/mol. The van der Waals surface area contributed by atoms with Gasteiger partial charge in [0, 0.05) is 25.5 Å². The summed E-state index contributed by atoms with van der Waals surface area (Å²) in [4.78, 5) is 19.0. The zero-order valence-electron chi connectivity index (χ0n) is 14.1. The van der Waals surface area contributed by atoms with Crippen LogP contribution in [0.1, 0.15) is 35.2 Å². The summed E-state index contributed by atoms with van der Waals surface area (Å²) >= 11 is 0. The number of benzene rings is 1. The highest BCUT2D eigenvalue weighted by Crippen LogP contribution is 2.23. The molecule has 0 bridgehead atoms. The van der Waals surface area contributed by atoms with E-state index in [4.69, 9.17) is 0 Å². The van der Waals surface area contributed by atoms with E-state index in [-0.39, 0.29) is 11.9 Å². The van der Waals surface area contributed by atoms with Crippen LogP contribution < -0.4 is 0 Å². The number of para-hydroxylation sites is 1. The second-order valence-corrected chi connectivity index (χ2v) is 6.31. The molecule has 3 heterocycles. The molecule has 1 amide bonds. The number of imidazole rings is 1. The van der Waals surface area contributed by atoms with Crippen LogP contribution in [0, 0.1) is 6.92 Å². The van der Waals surface area contributed by atoms with Gasteiger partial charge >= 0.3 is 0 Å². The van der Waals surface area contributed by atoms with Crippen molar-refractivity contribution in [3.63, 3.8) is 0 Å². The highest BCUT2D eigenvalue weighted by atomic mass is 16.2. The third-order valence-corrected chi connectivity index (χ3v) is 4.67. The summed E-state index contributed by atoms with van der Waals surface area (Å²) in [6, 6.07) is 9.94. The smallest absolute Gasteiger partial charge is 0.276 e. The fourth-order valence-electron chi connectivity index (χ4n) is 3.37. The summed E-state index contributed by atoms with van der Waals surface area (Å²) < 4.78 is 3.79. The molecule has 2 aromatic heterocycles. The third-order valence-electron chi connectivity index (χ3n) is 4.67. The Hall–Kier alpha value is -2.96. The van der Waals surface area contributed by atoms with E-state index in [0.717, 1.165) is 30.9 Å². The number of hydrogen-bond acceptors (Lipinski definition) is 4. The molecule has 3 aromatic rings. The average molecular weight is 336 g/mol. The quantitative estimate of drug-likeness (QED) is 0.736. The Morgan fingerprint density at radius 1 is 1.24 bits per heavy atom. The molecule has 7 nitrogen and oxygen atoms in total. The topological polar surface area (TPSA) is 68.8 Å². The highest BCUT2D eigenvalue weighted by molar-refractivity contribution is 5.92. The van der Waals surface area contributed by atoms with E-state index in [9.17, 15) is 4.79 Å². The first-order valence-corrected chi connectivity index (χ1v) is 8.49. The van der Waals surface area contributed by atoms with Crippen LogP contribution in [-0.2, 0) is 0 Å². The van der Waals surface area contributed by atoms with E-state index < -0.39 is 0 Å². The van der Waals surface area contributed by atoms with Crippen LogP contribution in [0.2, 0.25) is 0 Å². The Balaban J connectivity index is 1.51. The molecule has 7 heteroatoms. The van der Waals surface area contributed by atoms with Crippen LogP contribution in [0.5, 0.6) is 0 Å². The molecule has 0 spiro atoms. The van der Waals surface area contributed by atoms with Crippen LogP contribution >= 0.6 is 0 Å². The van der Waals surface area contributed by atoms with Crippen LogP contribution in [0.25, 0.3) is 5.69 Å². The van der Waals surface area contributed by atoms with E-state index in [2.05, 4.69) is 19.9 Å². The van der Waals surface area contributed by atoms with Gasteiger partial charge < -0.3 is 9.47 Å². The lowest BCUT2D eigenvalue weighted by molar-refractivity contribution is 0.0672. The summed E-state index contributed by atoms with van der Waals surface area (Å²) in [6.07, 6.45) is 7.52. The molecule has 1 atom stereocenters. The van der Waals surface area contributed by atoms with Crippen LogP contribution in [-0.4, -0.2) is 48.4 Å². The lowest BCUT2D eigenvalue weighted by Gasteiger charge is -2.33. The number of likely N-dealkylation sites (tertiary alicyclic amines) is 1. The largest absolute Gasteiger partial charge is 0.335 e. The van der Waals surface area contributed by atoms with Gasteiger partial charge in [-0.25, -0.2) is 9.67 Å². The Kier molecular flexibility index (Phi) is 4.05. The number of nitrogens with zero attached hydrogens (tertiary/aromatic N) is 6. The van der Waals surface area contributed by atoms with Gasteiger partial charge in [-0.3, -0.25) is 4.79 Å². The van der Waals surface area contributed by atoms with E-state index in [1.54, 1.807) is 10.9 Å². The minimum atomic E-state index is -0.0651. The van der Waals surface area contributed by atoms with Gasteiger partial charge in [0.25, 0.3) is 5.91 Å². The van der Waals surface area contributed by atoms with Gasteiger partial charge in [-0.2, -0.15) is 0 Å². The zero-order chi connectivity index (χ0) is 17.2. The average Bonchev–Trinajstić information content (AvgIpc) is 3.31. The summed E-state index contributed by atoms with van der Waals surface area (Å²) in [5, 5.41) is 8.16. The number of hydrogen-bond donors (Lipinski definition) is 0. The van der Waals surface area contributed by atoms with Crippen molar-refractivity contribution in [1.29, 1.82) is 0 Å². The summed E-state index contributed by atoms with van der Waals surface area (Å²) in [6.45, 7) is 3.42. The number of carbonyl (C=O) groups is 1. The molecule has 0 radical (unpaired) electrons. The molecule has 0 unspecified atom stereocenters. The van der Waals surface area contributed by atoms with Crippen molar-refractivity contribution in [3.8, 4) is 5.69 Å². The normalized spacial score (nSPS) is 17.6. The second kappa shape index (κ2) is 6.51. The maximum Gasteiger partial charge on any atom is 0.276 e. The number of carbonyl (C=O) groups excluding carboxylic acids is 1. The molecule has 128 valence electrons. The maximum absolute atomic E-state index is 12.8. The first-order valence-electron chi connectivity index (χ1n) is 8.49. The lowest BCUT2D eigenvalue weighted by Crippen LogP contribution is -2.41. The maximum atomic E-state index is 12.8. The SMILES string of the molecule is Cc1nccn1[C@@H]1CCCN(C(=O)c2cn(-c3ccccc3)nn2)C1. The fraction of sp³-hybridized carbons (Fsp3) is 0.333. The highest BCUT2D eigenvalue weighted by Gasteiger charge is 2.27. The Morgan fingerprint density at radius 3 is 2.84 bits per heavy atom. The minimum absolute atomic E-state index is 0.0651. The molecular formula is C18H20N6O. The van der Waals surface area contributed by atoms with E-state index >= 15 is 0 Å². The molecule has 1 saturated heterocycles. The molecule has 25 heavy (non-hydrogen) atoms. The third kappa shape index (κ3) is 3.05. The predicted octanol–water partition coefficient (Wildman–Crippen LogP) is 2.25. The molecule has 0 aliphatic carbocycles. The second-order valence-electron chi connectivity index (χ2n) is 6.31. The van der Waals surface area contributed by atoms with E-state index in [1.807, 2.05) is 54.5 Å². The summed E-state index contributed by atoms with van der Waals surface area (Å²) in [5.74, 6) is 0.916. The number of aryl methyl sites for hydroxylation is 1. The molecule has 1 aromatic carbocycles. The first kappa shape index (κ1) is 15.6. The number of piperidine rings is 1. The number of amides is 1. The van der Waals surface area contributed by atoms with Gasteiger partial charge in [0.2, 0.25) is 0 Å². The van der Waals surface area contributed by atoms with Gasteiger partial charge in [0.15, 0.2) is 5.69 Å². The summed E-state index contributed by atoms with van der Waals surface area (Å²) in [5.41, 5.74) is 1.27. The van der Waals surface area contributed by atoms with Gasteiger partial charge in [-0.1, -0.05) is 23.4 Å². The van der Waals surface area contributed by atoms with Crippen molar-refractivity contribution in [2.24, 2.45) is 0 Å². The zero-order valence-corrected chi connectivity index (χ0v) is 14.1. The van der Waals surface area contributed by atoms with Crippen LogP contribution in [0.3, 0.4) is 0 Å². The van der Waals surface area contributed by atoms with Gasteiger partial charge in [-0.15, -0.1) is 5.10 Å². The number of aromatic nitrogens is 5. The van der Waals surface area contributed by atoms with Gasteiger partial charge in [-0.05, 0) is 31.9 Å². The summed E-state index contributed by atoms with van der Waals surface area (Å²) in [7, 11) is 0. The van der Waals surface area contributed by atoms with E-state index in [0.29, 0.717) is 12.2 Å². The van der Waals surface area contributed by atoms with Crippen molar-refractivity contribution in [3.05, 3.63) is 60.4 Å². The van der Waals surface area contributed by atoms with Crippen LogP contribution in [0.4, 0.5) is 0 Å². The van der Waals surface area contributed by atoms with Crippen molar-refractivity contribution in [1.82, 2.24) is 29.4 Å². The van der Waals surface area contributed by atoms with Gasteiger partial charge in [0.1, 0.15) is 5.82 Å². The standard InChI is InChI=1S/C18H20N6O/c1-14-19-9-11-23(14)16-8-5-10-22(12-16)18(25)17-13-24(21-20-17)15-6-3-2-4-7-15/h2-4,6-7,9,11,13,16H,5,8,10,12H2,1H3/t16-/m1/s1. The molecule has 1 aliphatic rings. The Bertz CT molecular complexity index is 869. The Labute approximate surface area is 145 Å². The number of rotatable bonds is 3. The van der Waals surface area contributed by atoms with Gasteiger partial charge in [0.05, 0.1) is 17.9 Å². The molecule has 4 rings (SSSR count). The minimum Gasteiger partial charge on any atom is -0.335 e. The van der Waals surface area contributed by atoms with Crippen LogP contribution in [0.15, 0.2) is 48.9 Å². The van der Waals surface area contributed by atoms with Crippen molar-refractivity contribution in [2.75, 3.05) is 13.1 Å². The first-order chi connectivity index (χ1) is 12.2. The molecule has 0 saturated carbocycles. The Morgan fingerprint density at radius 2 is 2.08 bits per heavy atom. The molecule has 1 aliphatic heterocycles. The van der Waals surface area contributed by atoms with Crippen molar-refractivity contribution in [2.45, 2.75) is 25.8 Å². The van der Waals surface area contributed by atoms with E-state index in [1.165, 1.54) is 0 Å². The van der Waals surface area contributed by atoms with Crippen molar-refractivity contribution < 1.29 is 4.79 Å². The lowest BCUT2D eigenvalue weighted by atomic mass is 10.0. The molecule has 1 fully saturated rings. The fourth-order valence-corrected chi connectivity index (χ4v) is 3.37.